The van der Waals surface area contributed by atoms with E-state index < -0.39 is 10.0 Å². The first-order valence-electron chi connectivity index (χ1n) is 5.89. The highest BCUT2D eigenvalue weighted by Crippen LogP contribution is 2.14. The van der Waals surface area contributed by atoms with E-state index in [2.05, 4.69) is 14.7 Å². The minimum Gasteiger partial charge on any atom is -0.334 e. The van der Waals surface area contributed by atoms with E-state index in [9.17, 15) is 8.42 Å². The maximum Gasteiger partial charge on any atom is 0.282 e. The van der Waals surface area contributed by atoms with Crippen LogP contribution in [0, 0.1) is 18.3 Å². The van der Waals surface area contributed by atoms with E-state index in [-0.39, 0.29) is 10.8 Å². The molecule has 104 valence electrons. The molecule has 0 bridgehead atoms. The highest BCUT2D eigenvalue weighted by Gasteiger charge is 2.19. The van der Waals surface area contributed by atoms with Gasteiger partial charge in [-0.05, 0) is 26.0 Å². The SMILES string of the molecule is CCn1cc(S(=O)(=O)Nc2ccc(C#N)cn2)nc1C. The molecular formula is C12H13N5O2S. The normalized spacial score (nSPS) is 11.1. The van der Waals surface area contributed by atoms with Gasteiger partial charge in [0.2, 0.25) is 0 Å². The van der Waals surface area contributed by atoms with Gasteiger partial charge in [0.15, 0.2) is 5.03 Å². The van der Waals surface area contributed by atoms with Crippen LogP contribution in [-0.4, -0.2) is 23.0 Å². The minimum atomic E-state index is -3.77. The van der Waals surface area contributed by atoms with Crippen molar-refractivity contribution in [3.63, 3.8) is 0 Å². The lowest BCUT2D eigenvalue weighted by Crippen LogP contribution is -2.14. The summed E-state index contributed by atoms with van der Waals surface area (Å²) in [6, 6.07) is 4.83. The van der Waals surface area contributed by atoms with Gasteiger partial charge in [-0.3, -0.25) is 4.72 Å². The van der Waals surface area contributed by atoms with Crippen LogP contribution >= 0.6 is 0 Å². The number of hydrogen-bond donors (Lipinski definition) is 1. The third-order valence-corrected chi connectivity index (χ3v) is 3.93. The van der Waals surface area contributed by atoms with Gasteiger partial charge >= 0.3 is 0 Å². The van der Waals surface area contributed by atoms with Crippen molar-refractivity contribution < 1.29 is 8.42 Å². The number of aromatic nitrogens is 3. The van der Waals surface area contributed by atoms with Crippen LogP contribution in [0.15, 0.2) is 29.6 Å². The topological polar surface area (TPSA) is 101 Å². The number of nitrogens with zero attached hydrogens (tertiary/aromatic N) is 4. The Morgan fingerprint density at radius 2 is 2.20 bits per heavy atom. The standard InChI is InChI=1S/C12H13N5O2S/c1-3-17-8-12(15-9(17)2)20(18,19)16-11-5-4-10(6-13)7-14-11/h4-5,7-8H,3H2,1-2H3,(H,14,16). The van der Waals surface area contributed by atoms with Gasteiger partial charge in [-0.15, -0.1) is 0 Å². The Hall–Kier alpha value is -2.40. The fourth-order valence-corrected chi connectivity index (χ4v) is 2.66. The molecule has 0 aliphatic heterocycles. The molecule has 2 heterocycles. The molecule has 0 aliphatic rings. The van der Waals surface area contributed by atoms with E-state index in [1.54, 1.807) is 11.5 Å². The Balaban J connectivity index is 2.28. The summed E-state index contributed by atoms with van der Waals surface area (Å²) in [7, 11) is -3.77. The molecule has 0 spiro atoms. The molecule has 1 N–H and O–H groups in total. The fourth-order valence-electron chi connectivity index (χ4n) is 1.64. The Bertz CT molecular complexity index is 756. The summed E-state index contributed by atoms with van der Waals surface area (Å²) < 4.78 is 28.4. The van der Waals surface area contributed by atoms with Gasteiger partial charge in [-0.2, -0.15) is 13.7 Å². The second-order valence-electron chi connectivity index (χ2n) is 4.06. The molecule has 0 saturated heterocycles. The van der Waals surface area contributed by atoms with Gasteiger partial charge in [0, 0.05) is 18.9 Å². The Morgan fingerprint density at radius 3 is 2.70 bits per heavy atom. The number of anilines is 1. The highest BCUT2D eigenvalue weighted by atomic mass is 32.2. The molecule has 20 heavy (non-hydrogen) atoms. The first kappa shape index (κ1) is 14.0. The van der Waals surface area contributed by atoms with Gasteiger partial charge in [0.05, 0.1) is 5.56 Å². The quantitative estimate of drug-likeness (QED) is 0.914. The molecule has 2 rings (SSSR count). The zero-order chi connectivity index (χ0) is 14.8. The first-order chi connectivity index (χ1) is 9.46. The number of imidazole rings is 1. The Morgan fingerprint density at radius 1 is 1.45 bits per heavy atom. The van der Waals surface area contributed by atoms with Crippen LogP contribution in [0.25, 0.3) is 0 Å². The van der Waals surface area contributed by atoms with Crippen molar-refractivity contribution in [2.24, 2.45) is 0 Å². The predicted molar refractivity (Wildman–Crippen MR) is 72.4 cm³/mol. The number of pyridine rings is 1. The molecule has 0 atom stereocenters. The third kappa shape index (κ3) is 2.78. The molecule has 8 heteroatoms. The van der Waals surface area contributed by atoms with Crippen molar-refractivity contribution in [2.75, 3.05) is 4.72 Å². The summed E-state index contributed by atoms with van der Waals surface area (Å²) in [5.74, 6) is 0.772. The van der Waals surface area contributed by atoms with Crippen LogP contribution in [-0.2, 0) is 16.6 Å². The average molecular weight is 291 g/mol. The van der Waals surface area contributed by atoms with Crippen LogP contribution in [0.1, 0.15) is 18.3 Å². The van der Waals surface area contributed by atoms with Crippen LogP contribution < -0.4 is 4.72 Å². The highest BCUT2D eigenvalue weighted by molar-refractivity contribution is 7.92. The van der Waals surface area contributed by atoms with E-state index in [0.29, 0.717) is 17.9 Å². The number of nitriles is 1. The minimum absolute atomic E-state index is 0.0528. The molecule has 0 unspecified atom stereocenters. The first-order valence-corrected chi connectivity index (χ1v) is 7.37. The monoisotopic (exact) mass is 291 g/mol. The second kappa shape index (κ2) is 5.30. The summed E-state index contributed by atoms with van der Waals surface area (Å²) in [5, 5.41) is 8.61. The summed E-state index contributed by atoms with van der Waals surface area (Å²) >= 11 is 0. The molecule has 0 aromatic carbocycles. The van der Waals surface area contributed by atoms with Crippen LogP contribution in [0.2, 0.25) is 0 Å². The number of nitrogens with one attached hydrogen (secondary N) is 1. The molecule has 0 aliphatic carbocycles. The molecule has 0 fully saturated rings. The van der Waals surface area contributed by atoms with Crippen LogP contribution in [0.4, 0.5) is 5.82 Å². The van der Waals surface area contributed by atoms with Crippen molar-refractivity contribution >= 4 is 15.8 Å². The van der Waals surface area contributed by atoms with Crippen molar-refractivity contribution in [2.45, 2.75) is 25.4 Å². The van der Waals surface area contributed by atoms with E-state index in [1.807, 2.05) is 13.0 Å². The lowest BCUT2D eigenvalue weighted by Gasteiger charge is -2.04. The number of sulfonamides is 1. The molecule has 2 aromatic rings. The lowest BCUT2D eigenvalue weighted by molar-refractivity contribution is 0.597. The van der Waals surface area contributed by atoms with Crippen molar-refractivity contribution in [1.29, 1.82) is 5.26 Å². The largest absolute Gasteiger partial charge is 0.334 e. The summed E-state index contributed by atoms with van der Waals surface area (Å²) in [6.07, 6.45) is 2.77. The summed E-state index contributed by atoms with van der Waals surface area (Å²) in [6.45, 7) is 4.28. The third-order valence-electron chi connectivity index (χ3n) is 2.70. The zero-order valence-corrected chi connectivity index (χ0v) is 11.8. The van der Waals surface area contributed by atoms with E-state index >= 15 is 0 Å². The molecule has 2 aromatic heterocycles. The van der Waals surface area contributed by atoms with Crippen LogP contribution in [0.5, 0.6) is 0 Å². The molecular weight excluding hydrogens is 278 g/mol. The molecule has 0 radical (unpaired) electrons. The predicted octanol–water partition coefficient (Wildman–Crippen LogP) is 1.28. The van der Waals surface area contributed by atoms with Crippen LogP contribution in [0.3, 0.4) is 0 Å². The molecule has 0 amide bonds. The number of rotatable bonds is 4. The van der Waals surface area contributed by atoms with Crippen molar-refractivity contribution in [3.05, 3.63) is 35.9 Å². The Labute approximate surface area is 117 Å². The summed E-state index contributed by atoms with van der Waals surface area (Å²) in [5.41, 5.74) is 0.360. The van der Waals surface area contributed by atoms with Gasteiger partial charge < -0.3 is 4.57 Å². The van der Waals surface area contributed by atoms with Gasteiger partial charge in [-0.1, -0.05) is 0 Å². The summed E-state index contributed by atoms with van der Waals surface area (Å²) in [4.78, 5) is 7.88. The maximum atomic E-state index is 12.1. The van der Waals surface area contributed by atoms with E-state index in [0.717, 1.165) is 0 Å². The van der Waals surface area contributed by atoms with E-state index in [4.69, 9.17) is 5.26 Å². The number of hydrogen-bond acceptors (Lipinski definition) is 5. The molecule has 7 nitrogen and oxygen atoms in total. The number of aryl methyl sites for hydroxylation is 2. The van der Waals surface area contributed by atoms with Crippen molar-refractivity contribution in [1.82, 2.24) is 14.5 Å². The van der Waals surface area contributed by atoms with E-state index in [1.165, 1.54) is 24.5 Å². The zero-order valence-electron chi connectivity index (χ0n) is 11.0. The average Bonchev–Trinajstić information content (AvgIpc) is 2.81. The smallest absolute Gasteiger partial charge is 0.282 e. The molecule has 0 saturated carbocycles. The van der Waals surface area contributed by atoms with Crippen molar-refractivity contribution in [3.8, 4) is 6.07 Å². The lowest BCUT2D eigenvalue weighted by atomic mass is 10.3. The maximum absolute atomic E-state index is 12.1. The van der Waals surface area contributed by atoms with Gasteiger partial charge in [0.25, 0.3) is 10.0 Å². The van der Waals surface area contributed by atoms with Gasteiger partial charge in [0.1, 0.15) is 17.7 Å². The second-order valence-corrected chi connectivity index (χ2v) is 5.69. The van der Waals surface area contributed by atoms with Gasteiger partial charge in [-0.25, -0.2) is 9.97 Å². The Kier molecular flexibility index (Phi) is 3.72. The fraction of sp³-hybridized carbons (Fsp3) is 0.250.